The normalized spacial score (nSPS) is 12.7. The van der Waals surface area contributed by atoms with Crippen LogP contribution in [0.1, 0.15) is 219 Å². The predicted molar refractivity (Wildman–Crippen MR) is 248 cm³/mol. The fourth-order valence-corrected chi connectivity index (χ4v) is 7.91. The van der Waals surface area contributed by atoms with E-state index in [9.17, 15) is 10.2 Å². The van der Waals surface area contributed by atoms with Crippen LogP contribution in [0, 0.1) is 0 Å². The van der Waals surface area contributed by atoms with Gasteiger partial charge in [0.2, 0.25) is 0 Å². The van der Waals surface area contributed by atoms with Gasteiger partial charge in [0.15, 0.2) is 0 Å². The Morgan fingerprint density at radius 3 is 0.879 bits per heavy atom. The highest BCUT2D eigenvalue weighted by Crippen LogP contribution is 2.33. The first-order chi connectivity index (χ1) is 28.7. The minimum absolute atomic E-state index is 0.165. The molecule has 6 heteroatoms. The highest BCUT2D eigenvalue weighted by atomic mass is 16.5. The molecule has 0 aromatic heterocycles. The van der Waals surface area contributed by atoms with Gasteiger partial charge in [0.05, 0.1) is 13.2 Å². The maximum absolute atomic E-state index is 10.5. The van der Waals surface area contributed by atoms with Crippen LogP contribution in [0.15, 0.2) is 36.4 Å². The number of benzene rings is 2. The van der Waals surface area contributed by atoms with Gasteiger partial charge in [0, 0.05) is 24.0 Å². The van der Waals surface area contributed by atoms with Crippen molar-refractivity contribution in [3.63, 3.8) is 0 Å². The van der Waals surface area contributed by atoms with E-state index < -0.39 is 12.2 Å². The lowest BCUT2D eigenvalue weighted by Gasteiger charge is -2.17. The van der Waals surface area contributed by atoms with Crippen LogP contribution in [-0.2, 0) is 9.47 Å². The summed E-state index contributed by atoms with van der Waals surface area (Å²) in [6.45, 7) is 6.81. The largest absolute Gasteiger partial charge is 0.490 e. The third kappa shape index (κ3) is 29.4. The summed E-state index contributed by atoms with van der Waals surface area (Å²) in [4.78, 5) is 0. The first kappa shape index (κ1) is 52.3. The van der Waals surface area contributed by atoms with Crippen LogP contribution in [0.2, 0.25) is 0 Å². The predicted octanol–water partition coefficient (Wildman–Crippen LogP) is 14.9. The number of hydrogen-bond acceptors (Lipinski definition) is 6. The van der Waals surface area contributed by atoms with Crippen LogP contribution >= 0.6 is 0 Å². The van der Waals surface area contributed by atoms with Crippen molar-refractivity contribution in [2.24, 2.45) is 0 Å². The van der Waals surface area contributed by atoms with E-state index in [0.29, 0.717) is 24.7 Å². The summed E-state index contributed by atoms with van der Waals surface area (Å²) in [5.41, 5.74) is 0. The van der Waals surface area contributed by atoms with Crippen molar-refractivity contribution in [1.29, 1.82) is 0 Å². The van der Waals surface area contributed by atoms with E-state index in [1.807, 2.05) is 36.4 Å². The molecule has 0 amide bonds. The molecule has 2 aromatic rings. The molecule has 2 atom stereocenters. The van der Waals surface area contributed by atoms with Crippen LogP contribution in [0.25, 0.3) is 10.8 Å². The number of aliphatic hydroxyl groups excluding tert-OH is 2. The summed E-state index contributed by atoms with van der Waals surface area (Å²) in [5.74, 6) is 1.39. The zero-order valence-electron chi connectivity index (χ0n) is 38.0. The van der Waals surface area contributed by atoms with E-state index in [1.165, 1.54) is 193 Å². The van der Waals surface area contributed by atoms with Crippen LogP contribution in [-0.4, -0.2) is 62.1 Å². The molecule has 0 heterocycles. The van der Waals surface area contributed by atoms with Crippen LogP contribution in [0.3, 0.4) is 0 Å². The van der Waals surface area contributed by atoms with Gasteiger partial charge in [0.1, 0.15) is 36.9 Å². The number of fused-ring (bicyclic) bond motifs is 1. The third-order valence-corrected chi connectivity index (χ3v) is 11.6. The molecule has 2 unspecified atom stereocenters. The second-order valence-electron chi connectivity index (χ2n) is 17.3. The second kappa shape index (κ2) is 39.3. The van der Waals surface area contributed by atoms with Gasteiger partial charge in [-0.25, -0.2) is 0 Å². The summed E-state index contributed by atoms with van der Waals surface area (Å²) in [7, 11) is 0. The monoisotopic (exact) mass is 813 g/mol. The van der Waals surface area contributed by atoms with Gasteiger partial charge in [-0.3, -0.25) is 0 Å². The minimum Gasteiger partial charge on any atom is -0.490 e. The molecule has 336 valence electrons. The van der Waals surface area contributed by atoms with Crippen LogP contribution < -0.4 is 9.47 Å². The zero-order chi connectivity index (χ0) is 41.4. The molecule has 6 nitrogen and oxygen atoms in total. The molecule has 0 saturated heterocycles. The highest BCUT2D eigenvalue weighted by Gasteiger charge is 2.13. The maximum atomic E-state index is 10.5. The molecule has 58 heavy (non-hydrogen) atoms. The molecule has 0 radical (unpaired) electrons. The summed E-state index contributed by atoms with van der Waals surface area (Å²) in [5, 5.41) is 22.9. The van der Waals surface area contributed by atoms with Gasteiger partial charge in [-0.15, -0.1) is 0 Å². The van der Waals surface area contributed by atoms with Gasteiger partial charge in [-0.05, 0) is 25.0 Å². The minimum atomic E-state index is -0.690. The molecule has 2 aromatic carbocycles. The van der Waals surface area contributed by atoms with Gasteiger partial charge < -0.3 is 29.2 Å². The number of ether oxygens (including phenoxy) is 4. The number of unbranched alkanes of at least 4 members (excludes halogenated alkanes) is 30. The van der Waals surface area contributed by atoms with E-state index in [1.54, 1.807) is 0 Å². The Morgan fingerprint density at radius 1 is 0.345 bits per heavy atom. The Balaban J connectivity index is 1.44. The van der Waals surface area contributed by atoms with Crippen molar-refractivity contribution in [2.75, 3.05) is 39.6 Å². The van der Waals surface area contributed by atoms with E-state index in [2.05, 4.69) is 13.8 Å². The van der Waals surface area contributed by atoms with Crippen molar-refractivity contribution in [3.05, 3.63) is 36.4 Å². The molecule has 0 spiro atoms. The van der Waals surface area contributed by atoms with Crippen molar-refractivity contribution in [2.45, 2.75) is 232 Å². The number of hydrogen-bond donors (Lipinski definition) is 2. The molecule has 0 aliphatic rings. The van der Waals surface area contributed by atoms with E-state index in [0.717, 1.165) is 23.6 Å². The van der Waals surface area contributed by atoms with Crippen molar-refractivity contribution in [1.82, 2.24) is 0 Å². The first-order valence-electron chi connectivity index (χ1n) is 24.9. The Bertz CT molecular complexity index is 1070. The smallest absolute Gasteiger partial charge is 0.127 e. The Morgan fingerprint density at radius 2 is 0.603 bits per heavy atom. The fraction of sp³-hybridized carbons (Fsp3) is 0.808. The Labute approximate surface area is 357 Å². The quantitative estimate of drug-likeness (QED) is 0.0649. The van der Waals surface area contributed by atoms with E-state index >= 15 is 0 Å². The van der Waals surface area contributed by atoms with Crippen LogP contribution in [0.5, 0.6) is 11.5 Å². The molecular weight excluding hydrogens is 721 g/mol. The average molecular weight is 813 g/mol. The third-order valence-electron chi connectivity index (χ3n) is 11.6. The van der Waals surface area contributed by atoms with Gasteiger partial charge in [-0.2, -0.15) is 0 Å². The molecule has 0 bridgehead atoms. The molecule has 2 N–H and O–H groups in total. The average Bonchev–Trinajstić information content (AvgIpc) is 3.24. The number of aliphatic hydroxyl groups is 2. The molecule has 0 aliphatic carbocycles. The Hall–Kier alpha value is -1.86. The van der Waals surface area contributed by atoms with Crippen molar-refractivity contribution < 1.29 is 29.2 Å². The lowest BCUT2D eigenvalue weighted by Crippen LogP contribution is -2.24. The molecule has 0 saturated carbocycles. The van der Waals surface area contributed by atoms with Gasteiger partial charge in [-0.1, -0.05) is 231 Å². The summed E-state index contributed by atoms with van der Waals surface area (Å²) in [6.07, 6.45) is 42.0. The summed E-state index contributed by atoms with van der Waals surface area (Å²) < 4.78 is 23.6. The topological polar surface area (TPSA) is 77.4 Å². The standard InChI is InChI=1S/C52H92O6/c1-3-5-7-9-11-13-15-17-19-21-23-25-27-29-31-35-41-55-43-47(53)45-57-51-39-40-52(50-38-34-33-37-49(50)51)58-46-48(54)44-56-42-36-32-30-28-26-24-22-20-18-16-14-12-10-8-6-4-2/h33-34,37-40,47-48,53-54H,3-32,35-36,41-46H2,1-2H3. The van der Waals surface area contributed by atoms with E-state index in [-0.39, 0.29) is 26.4 Å². The molecule has 2 rings (SSSR count). The molecule has 0 aliphatic heterocycles. The van der Waals surface area contributed by atoms with Gasteiger partial charge >= 0.3 is 0 Å². The lowest BCUT2D eigenvalue weighted by atomic mass is 10.0. The van der Waals surface area contributed by atoms with Crippen molar-refractivity contribution >= 4 is 10.8 Å². The maximum Gasteiger partial charge on any atom is 0.127 e. The SMILES string of the molecule is CCCCCCCCCCCCCCCCCCOCC(O)COc1ccc(OCC(O)COCCCCCCCCCCCCCCCCCC)c2ccccc12. The summed E-state index contributed by atoms with van der Waals surface area (Å²) >= 11 is 0. The second-order valence-corrected chi connectivity index (χ2v) is 17.3. The van der Waals surface area contributed by atoms with Gasteiger partial charge in [0.25, 0.3) is 0 Å². The van der Waals surface area contributed by atoms with Crippen LogP contribution in [0.4, 0.5) is 0 Å². The fourth-order valence-electron chi connectivity index (χ4n) is 7.91. The van der Waals surface area contributed by atoms with Crippen molar-refractivity contribution in [3.8, 4) is 11.5 Å². The zero-order valence-corrected chi connectivity index (χ0v) is 38.0. The lowest BCUT2D eigenvalue weighted by molar-refractivity contribution is 0.0107. The molecule has 0 fully saturated rings. The summed E-state index contributed by atoms with van der Waals surface area (Å²) in [6, 6.07) is 11.7. The number of rotatable bonds is 44. The molecular formula is C52H92O6. The Kier molecular flexibility index (Phi) is 35.4. The first-order valence-corrected chi connectivity index (χ1v) is 24.9. The highest BCUT2D eigenvalue weighted by molar-refractivity contribution is 5.93. The van der Waals surface area contributed by atoms with E-state index in [4.69, 9.17) is 18.9 Å².